The molecule has 7 atom stereocenters. The van der Waals surface area contributed by atoms with E-state index in [1.165, 1.54) is 12.0 Å². The molecule has 0 N–H and O–H groups in total. The highest BCUT2D eigenvalue weighted by Crippen LogP contribution is 2.66. The first-order valence-electron chi connectivity index (χ1n) is 9.55. The maximum atomic E-state index is 12.5. The molecule has 2 nitrogen and oxygen atoms in total. The number of Topliss-reactive ketones (excluding diaryl/α,β-unsaturated/α-hetero) is 1. The molecule has 0 bridgehead atoms. The minimum atomic E-state index is -0.0548. The molecule has 3 saturated carbocycles. The van der Waals surface area contributed by atoms with Crippen molar-refractivity contribution in [3.05, 3.63) is 11.6 Å². The van der Waals surface area contributed by atoms with Crippen LogP contribution >= 0.6 is 0 Å². The fraction of sp³-hybridized carbons (Fsp3) is 0.810. The van der Waals surface area contributed by atoms with Gasteiger partial charge in [-0.25, -0.2) is 0 Å². The third-order valence-electron chi connectivity index (χ3n) is 8.57. The Labute approximate surface area is 140 Å². The predicted octanol–water partition coefficient (Wildman–Crippen LogP) is 4.58. The quantitative estimate of drug-likeness (QED) is 0.656. The van der Waals surface area contributed by atoms with Gasteiger partial charge in [-0.2, -0.15) is 0 Å². The Bertz CT molecular complexity index is 603. The minimum absolute atomic E-state index is 0.0548. The molecule has 0 saturated heterocycles. The molecule has 23 heavy (non-hydrogen) atoms. The van der Waals surface area contributed by atoms with E-state index in [0.717, 1.165) is 25.7 Å². The zero-order valence-electron chi connectivity index (χ0n) is 15.0. The molecule has 4 aliphatic rings. The Kier molecular flexibility index (Phi) is 3.26. The smallest absolute Gasteiger partial charge is 0.155 e. The van der Waals surface area contributed by atoms with Gasteiger partial charge in [0, 0.05) is 18.3 Å². The van der Waals surface area contributed by atoms with Crippen LogP contribution in [0.25, 0.3) is 0 Å². The lowest BCUT2D eigenvalue weighted by Crippen LogP contribution is -2.55. The number of hydrogen-bond donors (Lipinski definition) is 0. The van der Waals surface area contributed by atoms with Crippen molar-refractivity contribution in [2.24, 2.45) is 40.4 Å². The van der Waals surface area contributed by atoms with Crippen molar-refractivity contribution in [1.29, 1.82) is 0 Å². The molecule has 4 aliphatic carbocycles. The second-order valence-corrected chi connectivity index (χ2v) is 9.41. The lowest BCUT2D eigenvalue weighted by Gasteiger charge is -2.60. The van der Waals surface area contributed by atoms with E-state index in [1.807, 2.05) is 6.08 Å². The van der Waals surface area contributed by atoms with Crippen LogP contribution in [0.4, 0.5) is 0 Å². The van der Waals surface area contributed by atoms with Gasteiger partial charge in [-0.1, -0.05) is 33.3 Å². The largest absolute Gasteiger partial charge is 0.299 e. The van der Waals surface area contributed by atoms with E-state index in [4.69, 9.17) is 0 Å². The van der Waals surface area contributed by atoms with Gasteiger partial charge in [0.1, 0.15) is 5.78 Å². The van der Waals surface area contributed by atoms with E-state index in [2.05, 4.69) is 27.7 Å². The van der Waals surface area contributed by atoms with Gasteiger partial charge in [0.2, 0.25) is 0 Å². The lowest BCUT2D eigenvalue weighted by atomic mass is 9.43. The van der Waals surface area contributed by atoms with Gasteiger partial charge in [0.15, 0.2) is 5.78 Å². The first-order valence-corrected chi connectivity index (χ1v) is 9.55. The van der Waals surface area contributed by atoms with Crippen molar-refractivity contribution >= 4 is 11.6 Å². The summed E-state index contributed by atoms with van der Waals surface area (Å²) in [6, 6.07) is 0. The van der Waals surface area contributed by atoms with Gasteiger partial charge in [-0.15, -0.1) is 0 Å². The van der Waals surface area contributed by atoms with E-state index < -0.39 is 0 Å². The minimum Gasteiger partial charge on any atom is -0.299 e. The van der Waals surface area contributed by atoms with Crippen LogP contribution in [-0.4, -0.2) is 11.6 Å². The van der Waals surface area contributed by atoms with Crippen LogP contribution in [-0.2, 0) is 9.59 Å². The molecule has 126 valence electrons. The number of hydrogen-bond acceptors (Lipinski definition) is 2. The summed E-state index contributed by atoms with van der Waals surface area (Å²) in [5.74, 6) is 3.79. The van der Waals surface area contributed by atoms with Crippen LogP contribution in [0.1, 0.15) is 66.2 Å². The Morgan fingerprint density at radius 1 is 1.04 bits per heavy atom. The predicted molar refractivity (Wildman–Crippen MR) is 90.8 cm³/mol. The second kappa shape index (κ2) is 4.80. The highest BCUT2D eigenvalue weighted by molar-refractivity contribution is 5.92. The summed E-state index contributed by atoms with van der Waals surface area (Å²) in [6.45, 7) is 9.33. The van der Waals surface area contributed by atoms with E-state index in [9.17, 15) is 9.59 Å². The molecule has 0 aromatic carbocycles. The van der Waals surface area contributed by atoms with E-state index in [0.29, 0.717) is 47.6 Å². The number of ketones is 2. The zero-order valence-corrected chi connectivity index (χ0v) is 15.0. The van der Waals surface area contributed by atoms with Gasteiger partial charge >= 0.3 is 0 Å². The summed E-state index contributed by atoms with van der Waals surface area (Å²) in [6.07, 6.45) is 7.88. The number of fused-ring (bicyclic) bond motifs is 5. The summed E-state index contributed by atoms with van der Waals surface area (Å²) in [7, 11) is 0. The Balaban J connectivity index is 1.78. The molecule has 3 fully saturated rings. The molecule has 0 aromatic heterocycles. The third kappa shape index (κ3) is 1.87. The molecule has 0 amide bonds. The van der Waals surface area contributed by atoms with Crippen LogP contribution in [0.3, 0.4) is 0 Å². The fourth-order valence-electron chi connectivity index (χ4n) is 7.06. The van der Waals surface area contributed by atoms with Gasteiger partial charge in [0.25, 0.3) is 0 Å². The Morgan fingerprint density at radius 3 is 2.52 bits per heavy atom. The topological polar surface area (TPSA) is 34.1 Å². The number of rotatable bonds is 0. The maximum Gasteiger partial charge on any atom is 0.155 e. The van der Waals surface area contributed by atoms with Gasteiger partial charge in [0.05, 0.1) is 0 Å². The second-order valence-electron chi connectivity index (χ2n) is 9.41. The standard InChI is InChI=1S/C21H30O2/c1-12-9-14-11-15(22)10-13(2)21(14,4)17-7-8-20(3)16(19(12)17)5-6-18(20)23/h11-13,16-17,19H,5-10H2,1-4H3/t12-,13-,16-,17-,19-,20-,21-/m0/s1. The van der Waals surface area contributed by atoms with Crippen molar-refractivity contribution < 1.29 is 9.59 Å². The molecule has 0 heterocycles. The van der Waals surface area contributed by atoms with Gasteiger partial charge < -0.3 is 0 Å². The Hall–Kier alpha value is -0.920. The summed E-state index contributed by atoms with van der Waals surface area (Å²) in [5, 5.41) is 0. The summed E-state index contributed by atoms with van der Waals surface area (Å²) in [4.78, 5) is 24.6. The molecule has 0 radical (unpaired) electrons. The number of allylic oxidation sites excluding steroid dienone is 1. The van der Waals surface area contributed by atoms with E-state index in [1.54, 1.807) is 0 Å². The highest BCUT2D eigenvalue weighted by atomic mass is 16.1. The van der Waals surface area contributed by atoms with Crippen LogP contribution in [0.15, 0.2) is 11.6 Å². The van der Waals surface area contributed by atoms with E-state index in [-0.39, 0.29) is 10.8 Å². The monoisotopic (exact) mass is 314 g/mol. The molecule has 2 heteroatoms. The van der Waals surface area contributed by atoms with Crippen LogP contribution < -0.4 is 0 Å². The summed E-state index contributed by atoms with van der Waals surface area (Å²) >= 11 is 0. The van der Waals surface area contributed by atoms with Crippen molar-refractivity contribution in [3.8, 4) is 0 Å². The molecule has 0 aromatic rings. The van der Waals surface area contributed by atoms with Gasteiger partial charge in [-0.05, 0) is 66.8 Å². The maximum absolute atomic E-state index is 12.5. The molecular weight excluding hydrogens is 284 g/mol. The first-order chi connectivity index (χ1) is 10.8. The summed E-state index contributed by atoms with van der Waals surface area (Å²) < 4.78 is 0. The average Bonchev–Trinajstić information content (AvgIpc) is 2.78. The highest BCUT2D eigenvalue weighted by Gasteiger charge is 2.61. The van der Waals surface area contributed by atoms with Crippen molar-refractivity contribution in [2.45, 2.75) is 66.2 Å². The van der Waals surface area contributed by atoms with E-state index >= 15 is 0 Å². The normalized spacial score (nSPS) is 52.5. The van der Waals surface area contributed by atoms with Crippen molar-refractivity contribution in [2.75, 3.05) is 0 Å². The SMILES string of the molecule is C[C@H]1CC2=CC(=O)C[C@H](C)[C@]2(C)[C@H]2CC[C@]3(C)C(=O)CC[C@H]3[C@H]12. The third-order valence-corrected chi connectivity index (χ3v) is 8.57. The Morgan fingerprint density at radius 2 is 1.78 bits per heavy atom. The van der Waals surface area contributed by atoms with Crippen molar-refractivity contribution in [1.82, 2.24) is 0 Å². The number of carbonyl (C=O) groups excluding carboxylic acids is 2. The van der Waals surface area contributed by atoms with Crippen molar-refractivity contribution in [3.63, 3.8) is 0 Å². The van der Waals surface area contributed by atoms with Crippen LogP contribution in [0.5, 0.6) is 0 Å². The number of carbonyl (C=O) groups is 2. The lowest BCUT2D eigenvalue weighted by molar-refractivity contribution is -0.136. The average molecular weight is 314 g/mol. The van der Waals surface area contributed by atoms with Crippen LogP contribution in [0, 0.1) is 40.4 Å². The summed E-state index contributed by atoms with van der Waals surface area (Å²) in [5.41, 5.74) is 1.54. The first kappa shape index (κ1) is 15.6. The molecule has 4 rings (SSSR count). The molecule has 0 unspecified atom stereocenters. The van der Waals surface area contributed by atoms with Crippen LogP contribution in [0.2, 0.25) is 0 Å². The molecular formula is C21H30O2. The molecule has 0 spiro atoms. The molecule has 0 aliphatic heterocycles. The fourth-order valence-corrected chi connectivity index (χ4v) is 7.06. The zero-order chi connectivity index (χ0) is 16.6. The van der Waals surface area contributed by atoms with Gasteiger partial charge in [-0.3, -0.25) is 9.59 Å².